The first-order valence-corrected chi connectivity index (χ1v) is 9.37. The second kappa shape index (κ2) is 8.63. The highest BCUT2D eigenvalue weighted by atomic mass is 16.5. The molecule has 1 amide bonds. The van der Waals surface area contributed by atoms with Crippen LogP contribution in [-0.2, 0) is 16.0 Å². The van der Waals surface area contributed by atoms with Crippen LogP contribution in [0, 0.1) is 0 Å². The first-order valence-electron chi connectivity index (χ1n) is 9.37. The van der Waals surface area contributed by atoms with Gasteiger partial charge in [0.25, 0.3) is 0 Å². The molecule has 3 rings (SSSR count). The van der Waals surface area contributed by atoms with Crippen LogP contribution in [0.5, 0.6) is 0 Å². The van der Waals surface area contributed by atoms with Crippen LogP contribution in [0.1, 0.15) is 38.2 Å². The van der Waals surface area contributed by atoms with Crippen molar-refractivity contribution >= 4 is 5.91 Å². The molecule has 1 aromatic rings. The van der Waals surface area contributed by atoms with Crippen molar-refractivity contribution in [2.45, 2.75) is 51.2 Å². The van der Waals surface area contributed by atoms with Gasteiger partial charge in [0.2, 0.25) is 5.91 Å². The summed E-state index contributed by atoms with van der Waals surface area (Å²) in [4.78, 5) is 16.0. The molecule has 1 atom stereocenters. The molecule has 0 bridgehead atoms. The third kappa shape index (κ3) is 4.81. The number of hydrogen-bond donors (Lipinski definition) is 0. The molecule has 2 aliphatic rings. The van der Waals surface area contributed by atoms with E-state index in [0.29, 0.717) is 12.1 Å². The maximum atomic E-state index is 11.5. The molecule has 0 unspecified atom stereocenters. The molecule has 2 aliphatic heterocycles. The summed E-state index contributed by atoms with van der Waals surface area (Å²) in [7, 11) is 0. The molecule has 2 heterocycles. The Labute approximate surface area is 145 Å². The lowest BCUT2D eigenvalue weighted by Crippen LogP contribution is -2.52. The fourth-order valence-electron chi connectivity index (χ4n) is 3.97. The van der Waals surface area contributed by atoms with Gasteiger partial charge in [-0.3, -0.25) is 9.69 Å². The van der Waals surface area contributed by atoms with E-state index in [4.69, 9.17) is 4.74 Å². The molecule has 4 nitrogen and oxygen atoms in total. The number of nitrogens with zero attached hydrogens (tertiary/aromatic N) is 2. The Balaban J connectivity index is 1.41. The van der Waals surface area contributed by atoms with Crippen molar-refractivity contribution in [1.29, 1.82) is 0 Å². The number of amides is 1. The highest BCUT2D eigenvalue weighted by molar-refractivity contribution is 5.73. The Hall–Kier alpha value is -1.39. The number of morpholine rings is 1. The number of benzene rings is 1. The predicted molar refractivity (Wildman–Crippen MR) is 96.0 cm³/mol. The molecule has 24 heavy (non-hydrogen) atoms. The highest BCUT2D eigenvalue weighted by Crippen LogP contribution is 2.21. The highest BCUT2D eigenvalue weighted by Gasteiger charge is 2.29. The quantitative estimate of drug-likeness (QED) is 0.832. The van der Waals surface area contributed by atoms with Crippen LogP contribution in [0.2, 0.25) is 0 Å². The fraction of sp³-hybridized carbons (Fsp3) is 0.650. The molecule has 0 N–H and O–H groups in total. The molecule has 0 aliphatic carbocycles. The van der Waals surface area contributed by atoms with Gasteiger partial charge in [0.15, 0.2) is 0 Å². The molecule has 1 aromatic carbocycles. The summed E-state index contributed by atoms with van der Waals surface area (Å²) in [6.07, 6.45) is 6.04. The van der Waals surface area contributed by atoms with E-state index in [0.717, 1.165) is 58.5 Å². The van der Waals surface area contributed by atoms with Crippen molar-refractivity contribution in [3.05, 3.63) is 35.9 Å². The Kier molecular flexibility index (Phi) is 6.27. The van der Waals surface area contributed by atoms with Gasteiger partial charge in [-0.2, -0.15) is 0 Å². The lowest BCUT2D eigenvalue weighted by molar-refractivity contribution is -0.131. The van der Waals surface area contributed by atoms with Crippen molar-refractivity contribution in [3.63, 3.8) is 0 Å². The Morgan fingerprint density at radius 2 is 1.92 bits per heavy atom. The predicted octanol–water partition coefficient (Wildman–Crippen LogP) is 2.72. The molecule has 0 spiro atoms. The minimum Gasteiger partial charge on any atom is -0.376 e. The number of hydrogen-bond acceptors (Lipinski definition) is 3. The molecule has 0 aromatic heterocycles. The first kappa shape index (κ1) is 17.4. The molecule has 2 saturated heterocycles. The smallest absolute Gasteiger partial charge is 0.219 e. The van der Waals surface area contributed by atoms with E-state index in [1.54, 1.807) is 6.92 Å². The van der Waals surface area contributed by atoms with Gasteiger partial charge in [-0.1, -0.05) is 30.3 Å². The van der Waals surface area contributed by atoms with E-state index < -0.39 is 0 Å². The average Bonchev–Trinajstić information content (AvgIpc) is 2.63. The monoisotopic (exact) mass is 330 g/mol. The van der Waals surface area contributed by atoms with Gasteiger partial charge in [0, 0.05) is 39.1 Å². The topological polar surface area (TPSA) is 32.8 Å². The minimum absolute atomic E-state index is 0.217. The van der Waals surface area contributed by atoms with E-state index in [1.807, 2.05) is 4.90 Å². The van der Waals surface area contributed by atoms with Crippen molar-refractivity contribution < 1.29 is 9.53 Å². The van der Waals surface area contributed by atoms with Crippen molar-refractivity contribution in [3.8, 4) is 0 Å². The van der Waals surface area contributed by atoms with E-state index in [-0.39, 0.29) is 5.91 Å². The first-order chi connectivity index (χ1) is 11.7. The van der Waals surface area contributed by atoms with E-state index in [9.17, 15) is 4.79 Å². The summed E-state index contributed by atoms with van der Waals surface area (Å²) in [6, 6.07) is 11.3. The minimum atomic E-state index is 0.217. The lowest BCUT2D eigenvalue weighted by atomic mass is 10.0. The molecule has 2 fully saturated rings. The summed E-state index contributed by atoms with van der Waals surface area (Å²) < 4.78 is 5.99. The average molecular weight is 330 g/mol. The standard InChI is InChI=1S/C20H30N2O2/c1-17(23)21-12-10-19(11-13-21)22-14-15-24-20(16-22)9-5-8-18-6-3-2-4-7-18/h2-4,6-7,19-20H,5,8-16H2,1H3/t20-/m1/s1. The number of likely N-dealkylation sites (tertiary alicyclic amines) is 1. The number of carbonyl (C=O) groups is 1. The number of rotatable bonds is 5. The zero-order valence-electron chi connectivity index (χ0n) is 14.8. The molecule has 0 radical (unpaired) electrons. The van der Waals surface area contributed by atoms with Crippen LogP contribution in [-0.4, -0.2) is 60.6 Å². The van der Waals surface area contributed by atoms with Crippen molar-refractivity contribution in [1.82, 2.24) is 9.80 Å². The van der Waals surface area contributed by atoms with Gasteiger partial charge < -0.3 is 9.64 Å². The maximum Gasteiger partial charge on any atom is 0.219 e. The third-order valence-electron chi connectivity index (χ3n) is 5.43. The van der Waals surface area contributed by atoms with Crippen LogP contribution in [0.4, 0.5) is 0 Å². The van der Waals surface area contributed by atoms with Gasteiger partial charge in [-0.15, -0.1) is 0 Å². The van der Waals surface area contributed by atoms with E-state index in [1.165, 1.54) is 12.0 Å². The Bertz CT molecular complexity index is 512. The summed E-state index contributed by atoms with van der Waals surface area (Å²) in [5, 5.41) is 0. The second-order valence-corrected chi connectivity index (χ2v) is 7.10. The Morgan fingerprint density at radius 3 is 2.62 bits per heavy atom. The maximum absolute atomic E-state index is 11.5. The zero-order valence-corrected chi connectivity index (χ0v) is 14.8. The van der Waals surface area contributed by atoms with Crippen LogP contribution < -0.4 is 0 Å². The molecular formula is C20H30N2O2. The summed E-state index contributed by atoms with van der Waals surface area (Å²) in [5.41, 5.74) is 1.42. The van der Waals surface area contributed by atoms with Crippen molar-refractivity contribution in [2.24, 2.45) is 0 Å². The van der Waals surface area contributed by atoms with Gasteiger partial charge in [0.05, 0.1) is 12.7 Å². The normalized spacial score (nSPS) is 23.4. The number of aryl methyl sites for hydroxylation is 1. The zero-order chi connectivity index (χ0) is 16.8. The van der Waals surface area contributed by atoms with Crippen LogP contribution >= 0.6 is 0 Å². The molecule has 132 valence electrons. The Morgan fingerprint density at radius 1 is 1.17 bits per heavy atom. The molecule has 4 heteroatoms. The van der Waals surface area contributed by atoms with Gasteiger partial charge in [-0.05, 0) is 37.7 Å². The number of ether oxygens (including phenoxy) is 1. The summed E-state index contributed by atoms with van der Waals surface area (Å²) in [6.45, 7) is 6.45. The largest absolute Gasteiger partial charge is 0.376 e. The van der Waals surface area contributed by atoms with Crippen LogP contribution in [0.15, 0.2) is 30.3 Å². The third-order valence-corrected chi connectivity index (χ3v) is 5.43. The SMILES string of the molecule is CC(=O)N1CCC(N2CCO[C@H](CCCc3ccccc3)C2)CC1. The summed E-state index contributed by atoms with van der Waals surface area (Å²) >= 11 is 0. The lowest BCUT2D eigenvalue weighted by Gasteiger charge is -2.42. The van der Waals surface area contributed by atoms with E-state index >= 15 is 0 Å². The fourth-order valence-corrected chi connectivity index (χ4v) is 3.97. The van der Waals surface area contributed by atoms with Crippen molar-refractivity contribution in [2.75, 3.05) is 32.8 Å². The van der Waals surface area contributed by atoms with Crippen LogP contribution in [0.25, 0.3) is 0 Å². The van der Waals surface area contributed by atoms with E-state index in [2.05, 4.69) is 35.2 Å². The molecule has 0 saturated carbocycles. The van der Waals surface area contributed by atoms with Crippen LogP contribution in [0.3, 0.4) is 0 Å². The van der Waals surface area contributed by atoms with Gasteiger partial charge in [-0.25, -0.2) is 0 Å². The number of carbonyl (C=O) groups excluding carboxylic acids is 1. The summed E-state index contributed by atoms with van der Waals surface area (Å²) in [5.74, 6) is 0.217. The number of piperidine rings is 1. The van der Waals surface area contributed by atoms with Gasteiger partial charge >= 0.3 is 0 Å². The molecular weight excluding hydrogens is 300 g/mol. The second-order valence-electron chi connectivity index (χ2n) is 7.10. The van der Waals surface area contributed by atoms with Gasteiger partial charge in [0.1, 0.15) is 0 Å².